The number of nitrogens with one attached hydrogen (secondary N) is 1. The third-order valence-electron chi connectivity index (χ3n) is 2.30. The van der Waals surface area contributed by atoms with Crippen LogP contribution >= 0.6 is 43.5 Å². The van der Waals surface area contributed by atoms with E-state index in [-0.39, 0.29) is 0 Å². The van der Waals surface area contributed by atoms with E-state index in [1.807, 2.05) is 30.3 Å². The fourth-order valence-electron chi connectivity index (χ4n) is 1.48. The summed E-state index contributed by atoms with van der Waals surface area (Å²) in [5.74, 6) is 0. The molecule has 17 heavy (non-hydrogen) atoms. The zero-order chi connectivity index (χ0) is 12.3. The lowest BCUT2D eigenvalue weighted by molar-refractivity contribution is 1.14. The van der Waals surface area contributed by atoms with Gasteiger partial charge in [0.25, 0.3) is 0 Å². The highest BCUT2D eigenvalue weighted by molar-refractivity contribution is 9.10. The molecular formula is C13H10Br2ClN. The second-order valence-electron chi connectivity index (χ2n) is 3.61. The average Bonchev–Trinajstić information content (AvgIpc) is 2.28. The van der Waals surface area contributed by atoms with Gasteiger partial charge >= 0.3 is 0 Å². The first-order chi connectivity index (χ1) is 8.15. The molecule has 0 aliphatic rings. The molecule has 0 saturated heterocycles. The number of hydrogen-bond acceptors (Lipinski definition) is 1. The molecule has 1 nitrogen and oxygen atoms in total. The number of anilines is 1. The Morgan fingerprint density at radius 2 is 1.88 bits per heavy atom. The maximum absolute atomic E-state index is 5.89. The quantitative estimate of drug-likeness (QED) is 0.749. The molecular weight excluding hydrogens is 365 g/mol. The standard InChI is InChI=1S/C13H10Br2ClN/c14-10-3-1-2-9(6-10)8-17-13-5-4-11(16)7-12(13)15/h1-7,17H,8H2. The van der Waals surface area contributed by atoms with Crippen LogP contribution in [-0.4, -0.2) is 0 Å². The minimum atomic E-state index is 0.727. The maximum Gasteiger partial charge on any atom is 0.0488 e. The second-order valence-corrected chi connectivity index (χ2v) is 5.81. The van der Waals surface area contributed by atoms with Crippen LogP contribution in [0.15, 0.2) is 51.4 Å². The molecule has 0 saturated carbocycles. The van der Waals surface area contributed by atoms with Gasteiger partial charge in [-0.25, -0.2) is 0 Å². The van der Waals surface area contributed by atoms with E-state index in [0.29, 0.717) is 0 Å². The van der Waals surface area contributed by atoms with E-state index in [2.05, 4.69) is 49.3 Å². The molecule has 0 aromatic heterocycles. The Kier molecular flexibility index (Phi) is 4.48. The highest BCUT2D eigenvalue weighted by Crippen LogP contribution is 2.26. The molecule has 88 valence electrons. The summed E-state index contributed by atoms with van der Waals surface area (Å²) in [5, 5.41) is 4.08. The Balaban J connectivity index is 2.07. The van der Waals surface area contributed by atoms with Gasteiger partial charge < -0.3 is 5.32 Å². The van der Waals surface area contributed by atoms with E-state index in [1.165, 1.54) is 5.56 Å². The molecule has 2 aromatic carbocycles. The monoisotopic (exact) mass is 373 g/mol. The summed E-state index contributed by atoms with van der Waals surface area (Å²) in [5.41, 5.74) is 2.26. The Morgan fingerprint density at radius 3 is 2.59 bits per heavy atom. The van der Waals surface area contributed by atoms with E-state index < -0.39 is 0 Å². The summed E-state index contributed by atoms with van der Waals surface area (Å²) < 4.78 is 2.06. The first-order valence-electron chi connectivity index (χ1n) is 5.08. The minimum Gasteiger partial charge on any atom is -0.380 e. The predicted octanol–water partition coefficient (Wildman–Crippen LogP) is 5.48. The van der Waals surface area contributed by atoms with Crippen LogP contribution in [0.3, 0.4) is 0 Å². The Bertz CT molecular complexity index is 529. The van der Waals surface area contributed by atoms with Gasteiger partial charge in [0.15, 0.2) is 0 Å². The summed E-state index contributed by atoms with van der Waals surface area (Å²) >= 11 is 12.8. The number of hydrogen-bond donors (Lipinski definition) is 1. The zero-order valence-electron chi connectivity index (χ0n) is 8.88. The van der Waals surface area contributed by atoms with Crippen molar-refractivity contribution in [1.29, 1.82) is 0 Å². The maximum atomic E-state index is 5.89. The molecule has 0 unspecified atom stereocenters. The largest absolute Gasteiger partial charge is 0.380 e. The lowest BCUT2D eigenvalue weighted by Crippen LogP contribution is -1.99. The molecule has 0 amide bonds. The van der Waals surface area contributed by atoms with Gasteiger partial charge in [0.2, 0.25) is 0 Å². The number of rotatable bonds is 3. The normalized spacial score (nSPS) is 10.3. The van der Waals surface area contributed by atoms with Gasteiger partial charge in [-0.15, -0.1) is 0 Å². The van der Waals surface area contributed by atoms with Crippen LogP contribution in [0.25, 0.3) is 0 Å². The van der Waals surface area contributed by atoms with Crippen molar-refractivity contribution in [1.82, 2.24) is 0 Å². The van der Waals surface area contributed by atoms with Crippen LogP contribution in [-0.2, 0) is 6.54 Å². The lowest BCUT2D eigenvalue weighted by Gasteiger charge is -2.09. The molecule has 0 aliphatic carbocycles. The third kappa shape index (κ3) is 3.73. The first-order valence-corrected chi connectivity index (χ1v) is 7.05. The molecule has 0 radical (unpaired) electrons. The molecule has 2 aromatic rings. The Hall–Kier alpha value is -0.510. The van der Waals surface area contributed by atoms with Crippen molar-refractivity contribution in [2.45, 2.75) is 6.54 Å². The molecule has 0 fully saturated rings. The smallest absolute Gasteiger partial charge is 0.0488 e. The molecule has 1 N–H and O–H groups in total. The molecule has 0 atom stereocenters. The Morgan fingerprint density at radius 1 is 1.06 bits per heavy atom. The summed E-state index contributed by atoms with van der Waals surface area (Å²) in [6.45, 7) is 0.777. The van der Waals surface area contributed by atoms with E-state index in [0.717, 1.165) is 26.2 Å². The van der Waals surface area contributed by atoms with Crippen molar-refractivity contribution in [2.24, 2.45) is 0 Å². The highest BCUT2D eigenvalue weighted by Gasteiger charge is 2.00. The summed E-state index contributed by atoms with van der Waals surface area (Å²) in [4.78, 5) is 0. The highest BCUT2D eigenvalue weighted by atomic mass is 79.9. The topological polar surface area (TPSA) is 12.0 Å². The zero-order valence-corrected chi connectivity index (χ0v) is 12.8. The van der Waals surface area contributed by atoms with Gasteiger partial charge in [-0.2, -0.15) is 0 Å². The second kappa shape index (κ2) is 5.89. The Labute approximate surface area is 122 Å². The van der Waals surface area contributed by atoms with Crippen molar-refractivity contribution in [3.63, 3.8) is 0 Å². The van der Waals surface area contributed by atoms with Crippen molar-refractivity contribution < 1.29 is 0 Å². The molecule has 4 heteroatoms. The van der Waals surface area contributed by atoms with Crippen LogP contribution in [0.4, 0.5) is 5.69 Å². The van der Waals surface area contributed by atoms with Crippen LogP contribution in [0.1, 0.15) is 5.56 Å². The van der Waals surface area contributed by atoms with Gasteiger partial charge in [-0.1, -0.05) is 39.7 Å². The predicted molar refractivity (Wildman–Crippen MR) is 80.6 cm³/mol. The fraction of sp³-hybridized carbons (Fsp3) is 0.0769. The minimum absolute atomic E-state index is 0.727. The van der Waals surface area contributed by atoms with Gasteiger partial charge in [0.1, 0.15) is 0 Å². The number of halogens is 3. The average molecular weight is 375 g/mol. The third-order valence-corrected chi connectivity index (χ3v) is 3.69. The first kappa shape index (κ1) is 12.9. The van der Waals surface area contributed by atoms with E-state index in [1.54, 1.807) is 0 Å². The van der Waals surface area contributed by atoms with Gasteiger partial charge in [0, 0.05) is 26.2 Å². The van der Waals surface area contributed by atoms with E-state index >= 15 is 0 Å². The summed E-state index contributed by atoms with van der Waals surface area (Å²) in [7, 11) is 0. The van der Waals surface area contributed by atoms with E-state index in [4.69, 9.17) is 11.6 Å². The van der Waals surface area contributed by atoms with Crippen LogP contribution in [0.5, 0.6) is 0 Å². The van der Waals surface area contributed by atoms with Crippen molar-refractivity contribution >= 4 is 49.1 Å². The number of benzene rings is 2. The molecule has 2 rings (SSSR count). The van der Waals surface area contributed by atoms with Gasteiger partial charge in [0.05, 0.1) is 0 Å². The van der Waals surface area contributed by atoms with Crippen molar-refractivity contribution in [3.8, 4) is 0 Å². The molecule has 0 aliphatic heterocycles. The van der Waals surface area contributed by atoms with Crippen molar-refractivity contribution in [3.05, 3.63) is 62.0 Å². The molecule has 0 bridgehead atoms. The molecule has 0 heterocycles. The SMILES string of the molecule is Clc1ccc(NCc2cccc(Br)c2)c(Br)c1. The van der Waals surface area contributed by atoms with E-state index in [9.17, 15) is 0 Å². The summed E-state index contributed by atoms with van der Waals surface area (Å²) in [6.07, 6.45) is 0. The van der Waals surface area contributed by atoms with Crippen molar-refractivity contribution in [2.75, 3.05) is 5.32 Å². The van der Waals surface area contributed by atoms with Crippen LogP contribution in [0, 0.1) is 0 Å². The fourth-order valence-corrected chi connectivity index (χ4v) is 2.75. The van der Waals surface area contributed by atoms with Crippen LogP contribution < -0.4 is 5.32 Å². The van der Waals surface area contributed by atoms with Gasteiger partial charge in [-0.3, -0.25) is 0 Å². The van der Waals surface area contributed by atoms with Gasteiger partial charge in [-0.05, 0) is 51.8 Å². The molecule has 0 spiro atoms. The van der Waals surface area contributed by atoms with Crippen LogP contribution in [0.2, 0.25) is 5.02 Å². The lowest BCUT2D eigenvalue weighted by atomic mass is 10.2. The summed E-state index contributed by atoms with van der Waals surface area (Å²) in [6, 6.07) is 13.9.